The normalized spacial score (nSPS) is 9.42. The van der Waals surface area contributed by atoms with Crippen LogP contribution in [0.2, 0.25) is 0 Å². The van der Waals surface area contributed by atoms with Crippen molar-refractivity contribution in [3.05, 3.63) is 86.6 Å². The molecule has 3 nitrogen and oxygen atoms in total. The SMILES string of the molecule is Brc1ccc(C#Cc2ccc(C#Cc3ccc(Br)cn3)nc2)nc1. The maximum absolute atomic E-state index is 4.30. The van der Waals surface area contributed by atoms with E-state index in [1.54, 1.807) is 18.6 Å². The minimum atomic E-state index is 0.673. The van der Waals surface area contributed by atoms with Gasteiger partial charge >= 0.3 is 0 Å². The average molecular weight is 439 g/mol. The lowest BCUT2D eigenvalue weighted by Gasteiger charge is -1.92. The fourth-order valence-electron chi connectivity index (χ4n) is 1.71. The highest BCUT2D eigenvalue weighted by atomic mass is 79.9. The molecule has 0 radical (unpaired) electrons. The Hall–Kier alpha value is -2.47. The van der Waals surface area contributed by atoms with Gasteiger partial charge in [-0.2, -0.15) is 0 Å². The van der Waals surface area contributed by atoms with Crippen molar-refractivity contribution < 1.29 is 0 Å². The highest BCUT2D eigenvalue weighted by Gasteiger charge is 1.93. The molecule has 0 saturated carbocycles. The quantitative estimate of drug-likeness (QED) is 0.494. The van der Waals surface area contributed by atoms with Crippen LogP contribution in [0.3, 0.4) is 0 Å². The van der Waals surface area contributed by atoms with E-state index < -0.39 is 0 Å². The van der Waals surface area contributed by atoms with Crippen LogP contribution in [0.4, 0.5) is 0 Å². The van der Waals surface area contributed by atoms with Gasteiger partial charge in [-0.15, -0.1) is 0 Å². The molecule has 3 aromatic heterocycles. The van der Waals surface area contributed by atoms with Crippen LogP contribution in [0.5, 0.6) is 0 Å². The molecule has 0 amide bonds. The predicted octanol–water partition coefficient (Wildman–Crippen LogP) is 4.20. The molecule has 3 heterocycles. The van der Waals surface area contributed by atoms with Crippen molar-refractivity contribution in [2.75, 3.05) is 0 Å². The molecule has 114 valence electrons. The molecule has 0 aliphatic carbocycles. The second kappa shape index (κ2) is 7.88. The van der Waals surface area contributed by atoms with Gasteiger partial charge in [0.15, 0.2) is 0 Å². The lowest BCUT2D eigenvalue weighted by molar-refractivity contribution is 1.26. The van der Waals surface area contributed by atoms with Gasteiger partial charge in [0.2, 0.25) is 0 Å². The molecule has 0 bridgehead atoms. The van der Waals surface area contributed by atoms with Gasteiger partial charge in [-0.05, 0) is 86.0 Å². The maximum Gasteiger partial charge on any atom is 0.113 e. The van der Waals surface area contributed by atoms with Crippen molar-refractivity contribution in [3.63, 3.8) is 0 Å². The minimum absolute atomic E-state index is 0.673. The third-order valence-corrected chi connectivity index (χ3v) is 3.81. The van der Waals surface area contributed by atoms with Crippen LogP contribution in [0.15, 0.2) is 63.9 Å². The van der Waals surface area contributed by atoms with E-state index in [2.05, 4.69) is 70.5 Å². The summed E-state index contributed by atoms with van der Waals surface area (Å²) < 4.78 is 1.85. The summed E-state index contributed by atoms with van der Waals surface area (Å²) in [5.41, 5.74) is 2.90. The Morgan fingerprint density at radius 3 is 1.42 bits per heavy atom. The van der Waals surface area contributed by atoms with Gasteiger partial charge < -0.3 is 0 Å². The van der Waals surface area contributed by atoms with Crippen molar-refractivity contribution >= 4 is 31.9 Å². The molecule has 0 aliphatic rings. The van der Waals surface area contributed by atoms with Gasteiger partial charge in [-0.1, -0.05) is 5.92 Å². The molecule has 0 unspecified atom stereocenters. The zero-order valence-corrected chi connectivity index (χ0v) is 15.5. The lowest BCUT2D eigenvalue weighted by atomic mass is 10.2. The third kappa shape index (κ3) is 4.76. The Labute approximate surface area is 156 Å². The van der Waals surface area contributed by atoms with Gasteiger partial charge in [0.1, 0.15) is 17.1 Å². The highest BCUT2D eigenvalue weighted by molar-refractivity contribution is 9.10. The fraction of sp³-hybridized carbons (Fsp3) is 0. The zero-order valence-electron chi connectivity index (χ0n) is 12.3. The molecule has 0 fully saturated rings. The van der Waals surface area contributed by atoms with Crippen LogP contribution < -0.4 is 0 Å². The molecule has 3 rings (SSSR count). The van der Waals surface area contributed by atoms with Crippen LogP contribution in [-0.2, 0) is 0 Å². The molecule has 0 spiro atoms. The van der Waals surface area contributed by atoms with Gasteiger partial charge in [-0.25, -0.2) is 15.0 Å². The molecular formula is C19H9Br2N3. The molecule has 24 heavy (non-hydrogen) atoms. The number of pyridine rings is 3. The summed E-state index contributed by atoms with van der Waals surface area (Å²) in [5, 5.41) is 0. The number of hydrogen-bond donors (Lipinski definition) is 0. The summed E-state index contributed by atoms with van der Waals surface area (Å²) >= 11 is 6.69. The monoisotopic (exact) mass is 437 g/mol. The first-order valence-electron chi connectivity index (χ1n) is 6.92. The number of aromatic nitrogens is 3. The van der Waals surface area contributed by atoms with E-state index in [9.17, 15) is 0 Å². The number of hydrogen-bond acceptors (Lipinski definition) is 3. The molecule has 5 heteroatoms. The van der Waals surface area contributed by atoms with E-state index in [1.807, 2.05) is 36.4 Å². The second-order valence-corrected chi connectivity index (χ2v) is 6.49. The topological polar surface area (TPSA) is 38.7 Å². The molecule has 0 atom stereocenters. The smallest absolute Gasteiger partial charge is 0.113 e. The van der Waals surface area contributed by atoms with Crippen LogP contribution in [0.1, 0.15) is 22.6 Å². The molecule has 0 saturated heterocycles. The molecule has 0 aliphatic heterocycles. The summed E-state index contributed by atoms with van der Waals surface area (Å²) in [6, 6.07) is 11.2. The van der Waals surface area contributed by atoms with Gasteiger partial charge in [0.25, 0.3) is 0 Å². The predicted molar refractivity (Wildman–Crippen MR) is 100 cm³/mol. The lowest BCUT2D eigenvalue weighted by Crippen LogP contribution is -1.86. The standard InChI is InChI=1S/C19H9Br2N3/c20-15-3-7-17(23-12-15)5-1-14-2-6-18(22-11-14)9-10-19-8-4-16(21)13-24-19/h2-4,6-8,11-13H. The van der Waals surface area contributed by atoms with E-state index in [0.717, 1.165) is 14.5 Å². The van der Waals surface area contributed by atoms with Crippen molar-refractivity contribution in [3.8, 4) is 23.7 Å². The van der Waals surface area contributed by atoms with E-state index in [-0.39, 0.29) is 0 Å². The van der Waals surface area contributed by atoms with Crippen LogP contribution in [0.25, 0.3) is 0 Å². The van der Waals surface area contributed by atoms with Crippen molar-refractivity contribution in [2.24, 2.45) is 0 Å². The summed E-state index contributed by atoms with van der Waals surface area (Å²) in [4.78, 5) is 12.7. The zero-order chi connectivity index (χ0) is 16.8. The van der Waals surface area contributed by atoms with E-state index in [0.29, 0.717) is 17.1 Å². The second-order valence-electron chi connectivity index (χ2n) is 4.66. The number of nitrogens with zero attached hydrogens (tertiary/aromatic N) is 3. The Morgan fingerprint density at radius 1 is 0.542 bits per heavy atom. The van der Waals surface area contributed by atoms with E-state index in [1.165, 1.54) is 0 Å². The fourth-order valence-corrected chi connectivity index (χ4v) is 2.17. The van der Waals surface area contributed by atoms with Crippen LogP contribution in [0, 0.1) is 23.7 Å². The molecular weight excluding hydrogens is 430 g/mol. The van der Waals surface area contributed by atoms with Crippen LogP contribution in [-0.4, -0.2) is 15.0 Å². The Balaban J connectivity index is 1.72. The maximum atomic E-state index is 4.30. The number of halogens is 2. The minimum Gasteiger partial charge on any atom is -0.247 e. The van der Waals surface area contributed by atoms with Crippen molar-refractivity contribution in [1.82, 2.24) is 15.0 Å². The average Bonchev–Trinajstić information content (AvgIpc) is 2.62. The first kappa shape index (κ1) is 16.4. The van der Waals surface area contributed by atoms with Gasteiger partial charge in [-0.3, -0.25) is 0 Å². The van der Waals surface area contributed by atoms with Crippen molar-refractivity contribution in [1.29, 1.82) is 0 Å². The Morgan fingerprint density at radius 2 is 1.00 bits per heavy atom. The largest absolute Gasteiger partial charge is 0.247 e. The summed E-state index contributed by atoms with van der Waals surface area (Å²) in [7, 11) is 0. The summed E-state index contributed by atoms with van der Waals surface area (Å²) in [6.07, 6.45) is 5.13. The Kier molecular flexibility index (Phi) is 5.38. The highest BCUT2D eigenvalue weighted by Crippen LogP contribution is 2.07. The van der Waals surface area contributed by atoms with Gasteiger partial charge in [0.05, 0.1) is 0 Å². The molecule has 3 aromatic rings. The third-order valence-electron chi connectivity index (χ3n) is 2.87. The number of rotatable bonds is 0. The first-order valence-corrected chi connectivity index (χ1v) is 8.51. The van der Waals surface area contributed by atoms with Crippen LogP contribution >= 0.6 is 31.9 Å². The Bertz CT molecular complexity index is 874. The van der Waals surface area contributed by atoms with E-state index in [4.69, 9.17) is 0 Å². The van der Waals surface area contributed by atoms with E-state index >= 15 is 0 Å². The summed E-state index contributed by atoms with van der Waals surface area (Å²) in [6.45, 7) is 0. The first-order chi connectivity index (χ1) is 11.7. The van der Waals surface area contributed by atoms with Gasteiger partial charge in [0, 0.05) is 33.1 Å². The summed E-state index contributed by atoms with van der Waals surface area (Å²) in [5.74, 6) is 12.0. The molecule has 0 aromatic carbocycles. The van der Waals surface area contributed by atoms with Crippen molar-refractivity contribution in [2.45, 2.75) is 0 Å². The molecule has 0 N–H and O–H groups in total.